The van der Waals surface area contributed by atoms with Crippen LogP contribution in [0.5, 0.6) is 5.75 Å². The van der Waals surface area contributed by atoms with Crippen LogP contribution in [-0.2, 0) is 0 Å². The van der Waals surface area contributed by atoms with E-state index in [1.54, 1.807) is 0 Å². The number of hydrogen-bond acceptors (Lipinski definition) is 1. The first-order valence-electron chi connectivity index (χ1n) is 10.8. The van der Waals surface area contributed by atoms with Crippen LogP contribution in [0.4, 0.5) is 0 Å². The molecule has 2 radical (unpaired) electrons. The molecule has 1 nitrogen and oxygen atoms in total. The van der Waals surface area contributed by atoms with Crippen LogP contribution in [0.2, 0.25) is 0 Å². The fourth-order valence-corrected chi connectivity index (χ4v) is 3.44. The molecule has 0 saturated carbocycles. The summed E-state index contributed by atoms with van der Waals surface area (Å²) in [6, 6.07) is 10.7. The molecule has 1 aliphatic rings. The normalized spacial score (nSPS) is 14.0. The Labute approximate surface area is 161 Å². The van der Waals surface area contributed by atoms with Crippen LogP contribution in [0.1, 0.15) is 90.4 Å². The zero-order valence-corrected chi connectivity index (χ0v) is 16.6. The lowest BCUT2D eigenvalue weighted by Gasteiger charge is -2.14. The number of hydrogen-bond donors (Lipinski definition) is 0. The summed E-state index contributed by atoms with van der Waals surface area (Å²) in [5, 5.41) is 0. The van der Waals surface area contributed by atoms with Gasteiger partial charge in [0.25, 0.3) is 0 Å². The predicted molar refractivity (Wildman–Crippen MR) is 112 cm³/mol. The molecule has 1 aromatic rings. The Hall–Kier alpha value is -1.50. The molecule has 0 atom stereocenters. The van der Waals surface area contributed by atoms with Gasteiger partial charge in [0, 0.05) is 0 Å². The van der Waals surface area contributed by atoms with Crippen molar-refractivity contribution in [3.05, 3.63) is 60.2 Å². The number of benzene rings is 1. The highest BCUT2D eigenvalue weighted by Gasteiger charge is 2.07. The van der Waals surface area contributed by atoms with Crippen LogP contribution in [-0.4, -0.2) is 0 Å². The monoisotopic (exact) mass is 352 g/mol. The first-order valence-corrected chi connectivity index (χ1v) is 10.8. The Kier molecular flexibility index (Phi) is 10.9. The van der Waals surface area contributed by atoms with Gasteiger partial charge in [0.05, 0.1) is 0 Å². The molecule has 0 heterocycles. The van der Waals surface area contributed by atoms with Crippen molar-refractivity contribution in [2.75, 3.05) is 0 Å². The van der Waals surface area contributed by atoms with Gasteiger partial charge in [-0.3, -0.25) is 0 Å². The Morgan fingerprint density at radius 3 is 2.12 bits per heavy atom. The maximum atomic E-state index is 5.94. The number of ether oxygens (including phenoxy) is 1. The highest BCUT2D eigenvalue weighted by Crippen LogP contribution is 2.24. The first kappa shape index (κ1) is 20.8. The van der Waals surface area contributed by atoms with Gasteiger partial charge in [-0.25, -0.2) is 0 Å². The molecule has 26 heavy (non-hydrogen) atoms. The Morgan fingerprint density at radius 1 is 0.846 bits per heavy atom. The molecule has 0 aliphatic heterocycles. The van der Waals surface area contributed by atoms with Gasteiger partial charge in [-0.2, -0.15) is 0 Å². The highest BCUT2D eigenvalue weighted by atomic mass is 16.5. The van der Waals surface area contributed by atoms with Crippen molar-refractivity contribution in [2.45, 2.75) is 90.4 Å². The van der Waals surface area contributed by atoms with Gasteiger partial charge in [-0.1, -0.05) is 88.8 Å². The Bertz CT molecular complexity index is 526. The first-order chi connectivity index (χ1) is 12.9. The van der Waals surface area contributed by atoms with Crippen LogP contribution in [0.15, 0.2) is 47.7 Å². The summed E-state index contributed by atoms with van der Waals surface area (Å²) in [4.78, 5) is 0. The molecule has 0 bridgehead atoms. The molecule has 0 N–H and O–H groups in total. The van der Waals surface area contributed by atoms with Crippen molar-refractivity contribution in [3.8, 4) is 5.75 Å². The van der Waals surface area contributed by atoms with Gasteiger partial charge in [0.1, 0.15) is 11.5 Å². The van der Waals surface area contributed by atoms with Crippen molar-refractivity contribution in [2.24, 2.45) is 0 Å². The van der Waals surface area contributed by atoms with Gasteiger partial charge in [-0.15, -0.1) is 0 Å². The molecular formula is C25H36O. The van der Waals surface area contributed by atoms with Crippen molar-refractivity contribution in [1.29, 1.82) is 0 Å². The summed E-state index contributed by atoms with van der Waals surface area (Å²) in [6.07, 6.45) is 24.3. The molecule has 0 fully saturated rings. The maximum absolute atomic E-state index is 5.94. The summed E-state index contributed by atoms with van der Waals surface area (Å²) < 4.78 is 5.94. The number of allylic oxidation sites excluding steroid dienone is 3. The maximum Gasteiger partial charge on any atom is 0.127 e. The van der Waals surface area contributed by atoms with E-state index in [0.29, 0.717) is 0 Å². The molecule has 0 amide bonds. The van der Waals surface area contributed by atoms with Crippen molar-refractivity contribution in [3.63, 3.8) is 0 Å². The van der Waals surface area contributed by atoms with Crippen molar-refractivity contribution in [1.82, 2.24) is 0 Å². The van der Waals surface area contributed by atoms with Crippen molar-refractivity contribution >= 4 is 0 Å². The van der Waals surface area contributed by atoms with E-state index in [2.05, 4.69) is 31.6 Å². The average molecular weight is 353 g/mol. The Morgan fingerprint density at radius 2 is 1.46 bits per heavy atom. The molecule has 1 aliphatic carbocycles. The van der Waals surface area contributed by atoms with Crippen LogP contribution in [0, 0.1) is 12.5 Å². The standard InChI is InChI=1S/C25H36O/c1-2-3-4-5-6-7-8-9-10-11-13-17-23-18-16-21-25(22-23)26-24-19-14-12-15-20-24/h14-15,18-22H,2-11,13,16-17H2,1H3. The quantitative estimate of drug-likeness (QED) is 0.308. The largest absolute Gasteiger partial charge is 0.458 e. The lowest BCUT2D eigenvalue weighted by molar-refractivity contribution is 0.439. The van der Waals surface area contributed by atoms with E-state index in [4.69, 9.17) is 4.74 Å². The molecule has 2 rings (SSSR count). The lowest BCUT2D eigenvalue weighted by atomic mass is 9.97. The van der Waals surface area contributed by atoms with E-state index in [1.165, 1.54) is 82.6 Å². The minimum absolute atomic E-state index is 0.891. The van der Waals surface area contributed by atoms with Crippen LogP contribution in [0.25, 0.3) is 0 Å². The molecule has 1 aromatic carbocycles. The summed E-state index contributed by atoms with van der Waals surface area (Å²) in [7, 11) is 0. The summed E-state index contributed by atoms with van der Waals surface area (Å²) in [5.74, 6) is 1.87. The van der Waals surface area contributed by atoms with Gasteiger partial charge in [0.15, 0.2) is 0 Å². The van der Waals surface area contributed by atoms with Crippen LogP contribution in [0.3, 0.4) is 0 Å². The van der Waals surface area contributed by atoms with Crippen molar-refractivity contribution < 1.29 is 4.74 Å². The molecule has 142 valence electrons. The Balaban J connectivity index is 1.51. The van der Waals surface area contributed by atoms with E-state index in [0.717, 1.165) is 17.9 Å². The van der Waals surface area contributed by atoms with Gasteiger partial charge < -0.3 is 4.74 Å². The van der Waals surface area contributed by atoms with Crippen LogP contribution >= 0.6 is 0 Å². The topological polar surface area (TPSA) is 9.23 Å². The second kappa shape index (κ2) is 13.7. The zero-order chi connectivity index (χ0) is 18.3. The van der Waals surface area contributed by atoms with Gasteiger partial charge in [-0.05, 0) is 56.0 Å². The molecule has 1 heteroatoms. The average Bonchev–Trinajstić information content (AvgIpc) is 2.67. The minimum Gasteiger partial charge on any atom is -0.458 e. The third-order valence-corrected chi connectivity index (χ3v) is 5.02. The number of rotatable bonds is 14. The van der Waals surface area contributed by atoms with E-state index in [1.807, 2.05) is 24.3 Å². The molecule has 0 saturated heterocycles. The van der Waals surface area contributed by atoms with E-state index in [-0.39, 0.29) is 0 Å². The van der Waals surface area contributed by atoms with E-state index in [9.17, 15) is 0 Å². The van der Waals surface area contributed by atoms with E-state index >= 15 is 0 Å². The summed E-state index contributed by atoms with van der Waals surface area (Å²) in [6.45, 7) is 2.29. The second-order valence-electron chi connectivity index (χ2n) is 7.39. The van der Waals surface area contributed by atoms with E-state index < -0.39 is 0 Å². The highest BCUT2D eigenvalue weighted by molar-refractivity contribution is 5.33. The second-order valence-corrected chi connectivity index (χ2v) is 7.39. The minimum atomic E-state index is 0.891. The summed E-state index contributed by atoms with van der Waals surface area (Å²) in [5.41, 5.74) is 1.43. The van der Waals surface area contributed by atoms with Crippen LogP contribution < -0.4 is 4.74 Å². The fourth-order valence-electron chi connectivity index (χ4n) is 3.44. The smallest absolute Gasteiger partial charge is 0.127 e. The summed E-state index contributed by atoms with van der Waals surface area (Å²) >= 11 is 0. The molecule has 0 unspecified atom stereocenters. The third-order valence-electron chi connectivity index (χ3n) is 5.02. The third kappa shape index (κ3) is 9.27. The molecule has 0 aromatic heterocycles. The lowest BCUT2D eigenvalue weighted by Crippen LogP contribution is -2.00. The number of unbranched alkanes of at least 4 members (excludes halogenated alkanes) is 10. The molecule has 0 spiro atoms. The van der Waals surface area contributed by atoms with Gasteiger partial charge >= 0.3 is 0 Å². The fraction of sp³-hybridized carbons (Fsp3) is 0.560. The molecular weight excluding hydrogens is 316 g/mol. The van der Waals surface area contributed by atoms with Gasteiger partial charge in [0.2, 0.25) is 0 Å². The predicted octanol–water partition coefficient (Wildman–Crippen LogP) is 7.98. The SMILES string of the molecule is CCCCCCCCCCCCCC1=CC(Oc2cc[c]cc2)=CC[CH]1. The zero-order valence-electron chi connectivity index (χ0n) is 16.6.